The number of ether oxygens (including phenoxy) is 2. The third kappa shape index (κ3) is 4.37. The molecule has 3 heterocycles. The number of hydrogen-bond donors (Lipinski definition) is 0. The number of carbonyl (C=O) groups is 2. The van der Waals surface area contributed by atoms with Crippen LogP contribution in [0, 0.1) is 20.8 Å². The summed E-state index contributed by atoms with van der Waals surface area (Å²) < 4.78 is 12.8. The van der Waals surface area contributed by atoms with Gasteiger partial charge in [-0.1, -0.05) is 35.5 Å². The number of carbonyl (C=O) groups excluding carboxylic acids is 2. The van der Waals surface area contributed by atoms with E-state index in [1.165, 1.54) is 11.8 Å². The fourth-order valence-corrected chi connectivity index (χ4v) is 4.92. The Morgan fingerprint density at radius 2 is 1.80 bits per heavy atom. The summed E-state index contributed by atoms with van der Waals surface area (Å²) in [6, 6.07) is 15.1. The monoisotopic (exact) mass is 487 g/mol. The minimum atomic E-state index is -0.242. The fraction of sp³-hybridized carbons (Fsp3) is 0.222. The minimum Gasteiger partial charge on any atom is -0.454 e. The van der Waals surface area contributed by atoms with E-state index in [0.717, 1.165) is 22.5 Å². The van der Waals surface area contributed by atoms with Crippen molar-refractivity contribution in [3.63, 3.8) is 0 Å². The van der Waals surface area contributed by atoms with Crippen LogP contribution in [-0.2, 0) is 11.8 Å². The van der Waals surface area contributed by atoms with Crippen molar-refractivity contribution in [2.24, 2.45) is 12.0 Å². The maximum atomic E-state index is 13.4. The topological polar surface area (TPSA) is 73.1 Å². The Bertz CT molecular complexity index is 1400. The molecule has 8 heteroatoms. The van der Waals surface area contributed by atoms with Gasteiger partial charge in [0.25, 0.3) is 5.91 Å². The Morgan fingerprint density at radius 3 is 2.51 bits per heavy atom. The van der Waals surface area contributed by atoms with Gasteiger partial charge in [-0.25, -0.2) is 4.99 Å². The number of Topliss-reactive ketones (excluding diaryl/α,β-unsaturated/α-hetero) is 1. The Morgan fingerprint density at radius 1 is 1.06 bits per heavy atom. The van der Waals surface area contributed by atoms with Gasteiger partial charge in [-0.05, 0) is 62.7 Å². The first-order valence-electron chi connectivity index (χ1n) is 11.2. The third-order valence-electron chi connectivity index (χ3n) is 6.23. The summed E-state index contributed by atoms with van der Waals surface area (Å²) in [6.45, 7) is 6.09. The first-order valence-corrected chi connectivity index (χ1v) is 12.2. The number of aromatic nitrogens is 1. The van der Waals surface area contributed by atoms with Crippen LogP contribution in [0.1, 0.15) is 32.9 Å². The summed E-state index contributed by atoms with van der Waals surface area (Å²) in [5.74, 6) is 1.25. The van der Waals surface area contributed by atoms with E-state index in [2.05, 4.69) is 4.99 Å². The number of ketones is 1. The van der Waals surface area contributed by atoms with Crippen molar-refractivity contribution in [2.75, 3.05) is 17.4 Å². The number of nitrogens with zero attached hydrogens (tertiary/aromatic N) is 3. The Hall–Kier alpha value is -3.78. The average Bonchev–Trinajstić information content (AvgIpc) is 3.51. The number of hydrogen-bond acceptors (Lipinski definition) is 6. The smallest absolute Gasteiger partial charge is 0.283 e. The van der Waals surface area contributed by atoms with E-state index in [4.69, 9.17) is 9.47 Å². The predicted octanol–water partition coefficient (Wildman–Crippen LogP) is 5.04. The molecule has 0 unspecified atom stereocenters. The molecule has 3 aromatic rings. The first-order chi connectivity index (χ1) is 16.8. The van der Waals surface area contributed by atoms with Gasteiger partial charge in [0.1, 0.15) is 5.70 Å². The molecule has 0 N–H and O–H groups in total. The minimum absolute atomic E-state index is 0.00315. The van der Waals surface area contributed by atoms with Crippen LogP contribution < -0.4 is 14.4 Å². The maximum absolute atomic E-state index is 13.4. The molecule has 5 rings (SSSR count). The molecule has 2 aliphatic heterocycles. The standard InChI is InChI=1S/C27H25N3O4S/c1-16-5-8-20(9-6-16)30-26(32)22(12-19-7-10-24-25(13-19)34-15-33-24)28-27(30)35-14-23(31)21-11-17(2)29(4)18(21)3/h5-13H,14-15H2,1-4H3. The molecule has 1 aromatic heterocycles. The summed E-state index contributed by atoms with van der Waals surface area (Å²) in [5.41, 5.74) is 5.53. The number of benzene rings is 2. The summed E-state index contributed by atoms with van der Waals surface area (Å²) in [5, 5.41) is 0.476. The lowest BCUT2D eigenvalue weighted by molar-refractivity contribution is -0.113. The summed E-state index contributed by atoms with van der Waals surface area (Å²) >= 11 is 1.27. The molecule has 0 saturated carbocycles. The molecule has 0 bridgehead atoms. The first kappa shape index (κ1) is 23.0. The molecule has 2 aromatic carbocycles. The zero-order chi connectivity index (χ0) is 24.7. The predicted molar refractivity (Wildman–Crippen MR) is 138 cm³/mol. The number of anilines is 1. The molecule has 0 saturated heterocycles. The van der Waals surface area contributed by atoms with Crippen molar-refractivity contribution in [1.29, 1.82) is 0 Å². The summed E-state index contributed by atoms with van der Waals surface area (Å²) in [4.78, 5) is 32.7. The van der Waals surface area contributed by atoms with Gasteiger partial charge in [-0.2, -0.15) is 0 Å². The molecular formula is C27H25N3O4S. The van der Waals surface area contributed by atoms with E-state index in [0.29, 0.717) is 33.6 Å². The Balaban J connectivity index is 1.45. The van der Waals surface area contributed by atoms with Gasteiger partial charge in [0.15, 0.2) is 22.4 Å². The van der Waals surface area contributed by atoms with Crippen molar-refractivity contribution < 1.29 is 19.1 Å². The van der Waals surface area contributed by atoms with E-state index in [1.54, 1.807) is 11.0 Å². The zero-order valence-corrected chi connectivity index (χ0v) is 20.8. The van der Waals surface area contributed by atoms with Gasteiger partial charge in [-0.15, -0.1) is 0 Å². The van der Waals surface area contributed by atoms with Crippen LogP contribution in [0.15, 0.2) is 59.2 Å². The fourth-order valence-electron chi connectivity index (χ4n) is 4.02. The van der Waals surface area contributed by atoms with E-state index in [1.807, 2.05) is 80.9 Å². The average molecular weight is 488 g/mol. The Labute approximate surface area is 208 Å². The van der Waals surface area contributed by atoms with Crippen molar-refractivity contribution >= 4 is 40.4 Å². The number of amides is 1. The molecule has 2 aliphatic rings. The number of thioether (sulfide) groups is 1. The summed E-state index contributed by atoms with van der Waals surface area (Å²) in [7, 11) is 1.95. The highest BCUT2D eigenvalue weighted by molar-refractivity contribution is 8.14. The van der Waals surface area contributed by atoms with Gasteiger partial charge in [0, 0.05) is 24.0 Å². The molecule has 178 valence electrons. The van der Waals surface area contributed by atoms with Crippen molar-refractivity contribution in [1.82, 2.24) is 4.57 Å². The largest absolute Gasteiger partial charge is 0.454 e. The second-order valence-electron chi connectivity index (χ2n) is 8.57. The third-order valence-corrected chi connectivity index (χ3v) is 7.17. The van der Waals surface area contributed by atoms with Crippen LogP contribution >= 0.6 is 11.8 Å². The van der Waals surface area contributed by atoms with Crippen LogP contribution in [0.3, 0.4) is 0 Å². The normalized spacial score (nSPS) is 15.8. The van der Waals surface area contributed by atoms with E-state index < -0.39 is 0 Å². The Kier molecular flexibility index (Phi) is 5.98. The highest BCUT2D eigenvalue weighted by Crippen LogP contribution is 2.35. The van der Waals surface area contributed by atoms with Crippen molar-refractivity contribution in [3.8, 4) is 11.5 Å². The summed E-state index contributed by atoms with van der Waals surface area (Å²) in [6.07, 6.45) is 1.73. The number of amidine groups is 1. The molecule has 0 fully saturated rings. The van der Waals surface area contributed by atoms with Crippen LogP contribution in [0.5, 0.6) is 11.5 Å². The van der Waals surface area contributed by atoms with Crippen LogP contribution in [0.25, 0.3) is 6.08 Å². The van der Waals surface area contributed by atoms with Crippen molar-refractivity contribution in [2.45, 2.75) is 20.8 Å². The van der Waals surface area contributed by atoms with Crippen molar-refractivity contribution in [3.05, 3.63) is 82.3 Å². The van der Waals surface area contributed by atoms with Crippen LogP contribution in [-0.4, -0.2) is 34.0 Å². The number of aryl methyl sites for hydroxylation is 2. The SMILES string of the molecule is Cc1ccc(N2C(=O)C(=Cc3ccc4c(c3)OCO4)N=C2SCC(=O)c2cc(C)n(C)c2C)cc1. The lowest BCUT2D eigenvalue weighted by Gasteiger charge is -2.18. The molecule has 0 aliphatic carbocycles. The molecule has 0 radical (unpaired) electrons. The molecule has 0 atom stereocenters. The second kappa shape index (κ2) is 9.11. The van der Waals surface area contributed by atoms with E-state index in [9.17, 15) is 9.59 Å². The van der Waals surface area contributed by atoms with Crippen LogP contribution in [0.2, 0.25) is 0 Å². The maximum Gasteiger partial charge on any atom is 0.283 e. The molecule has 1 amide bonds. The van der Waals surface area contributed by atoms with Gasteiger partial charge < -0.3 is 14.0 Å². The van der Waals surface area contributed by atoms with Gasteiger partial charge >= 0.3 is 0 Å². The highest BCUT2D eigenvalue weighted by atomic mass is 32.2. The molecule has 7 nitrogen and oxygen atoms in total. The number of aliphatic imine (C=N–C) groups is 1. The molecule has 35 heavy (non-hydrogen) atoms. The molecular weight excluding hydrogens is 462 g/mol. The van der Waals surface area contributed by atoms with Gasteiger partial charge in [-0.3, -0.25) is 14.5 Å². The number of fused-ring (bicyclic) bond motifs is 1. The quantitative estimate of drug-likeness (QED) is 0.372. The van der Waals surface area contributed by atoms with Gasteiger partial charge in [0.2, 0.25) is 6.79 Å². The highest BCUT2D eigenvalue weighted by Gasteiger charge is 2.32. The molecule has 0 spiro atoms. The lowest BCUT2D eigenvalue weighted by atomic mass is 10.1. The second-order valence-corrected chi connectivity index (χ2v) is 9.51. The number of rotatable bonds is 5. The van der Waals surface area contributed by atoms with E-state index in [-0.39, 0.29) is 24.2 Å². The van der Waals surface area contributed by atoms with E-state index >= 15 is 0 Å². The van der Waals surface area contributed by atoms with Gasteiger partial charge in [0.05, 0.1) is 11.4 Å². The van der Waals surface area contributed by atoms with Crippen LogP contribution in [0.4, 0.5) is 5.69 Å². The lowest BCUT2D eigenvalue weighted by Crippen LogP contribution is -2.30. The zero-order valence-electron chi connectivity index (χ0n) is 20.0.